The number of pyridine rings is 1. The molecule has 0 aliphatic heterocycles. The molecule has 1 aromatic carbocycles. The van der Waals surface area contributed by atoms with Crippen LogP contribution in [0.4, 0.5) is 13.2 Å². The molecule has 1 aliphatic rings. The van der Waals surface area contributed by atoms with Crippen LogP contribution in [0.5, 0.6) is 11.8 Å². The van der Waals surface area contributed by atoms with Gasteiger partial charge in [-0.3, -0.25) is 4.98 Å². The number of imidazole rings is 1. The molecule has 41 heavy (non-hydrogen) atoms. The van der Waals surface area contributed by atoms with Gasteiger partial charge in [0.1, 0.15) is 24.3 Å². The van der Waals surface area contributed by atoms with E-state index >= 15 is 0 Å². The number of hydrogen-bond donors (Lipinski definition) is 0. The summed E-state index contributed by atoms with van der Waals surface area (Å²) in [7, 11) is 1.55. The van der Waals surface area contributed by atoms with Gasteiger partial charge in [-0.05, 0) is 38.3 Å². The van der Waals surface area contributed by atoms with E-state index in [1.54, 1.807) is 49.8 Å². The first-order valence-electron chi connectivity index (χ1n) is 13.1. The van der Waals surface area contributed by atoms with Crippen LogP contribution in [0.3, 0.4) is 0 Å². The zero-order valence-electron chi connectivity index (χ0n) is 22.6. The fourth-order valence-corrected chi connectivity index (χ4v) is 4.63. The summed E-state index contributed by atoms with van der Waals surface area (Å²) in [5.41, 5.74) is 2.53. The summed E-state index contributed by atoms with van der Waals surface area (Å²) in [6, 6.07) is 8.66. The second-order valence-corrected chi connectivity index (χ2v) is 10.1. The van der Waals surface area contributed by atoms with Crippen LogP contribution in [0.15, 0.2) is 55.2 Å². The molecule has 1 aliphatic carbocycles. The largest absolute Gasteiger partial charge is 0.480 e. The second kappa shape index (κ2) is 10.4. The number of aromatic nitrogens is 7. The van der Waals surface area contributed by atoms with E-state index in [-0.39, 0.29) is 18.5 Å². The number of methoxy groups -OCH3 is 1. The lowest BCUT2D eigenvalue weighted by Gasteiger charge is -2.14. The molecule has 0 amide bonds. The Balaban J connectivity index is 1.31. The molecule has 4 aromatic heterocycles. The Morgan fingerprint density at radius 2 is 1.78 bits per heavy atom. The second-order valence-electron chi connectivity index (χ2n) is 10.1. The number of ether oxygens (including phenoxy) is 2. The molecule has 0 saturated heterocycles. The van der Waals surface area contributed by atoms with Gasteiger partial charge in [-0.15, -0.1) is 0 Å². The first-order valence-corrected chi connectivity index (χ1v) is 13.1. The Morgan fingerprint density at radius 1 is 1.00 bits per heavy atom. The molecule has 0 N–H and O–H groups in total. The molecule has 5 aromatic rings. The fraction of sp³-hybridized carbons (Fsp3) is 0.310. The molecular formula is C29H26F3N7O2. The average Bonchev–Trinajstić information content (AvgIpc) is 3.71. The van der Waals surface area contributed by atoms with Gasteiger partial charge in [0.2, 0.25) is 11.8 Å². The third kappa shape index (κ3) is 5.29. The number of nitrogens with zero attached hydrogens (tertiary/aromatic N) is 7. The number of hydrogen-bond acceptors (Lipinski definition) is 8. The highest BCUT2D eigenvalue weighted by Gasteiger charge is 2.35. The van der Waals surface area contributed by atoms with Gasteiger partial charge in [0.25, 0.3) is 0 Å². The highest BCUT2D eigenvalue weighted by Crippen LogP contribution is 2.45. The molecule has 9 nitrogen and oxygen atoms in total. The van der Waals surface area contributed by atoms with Gasteiger partial charge in [0.15, 0.2) is 11.5 Å². The van der Waals surface area contributed by atoms with E-state index in [4.69, 9.17) is 19.4 Å². The lowest BCUT2D eigenvalue weighted by molar-refractivity contribution is -0.140. The molecule has 1 saturated carbocycles. The number of halogens is 3. The van der Waals surface area contributed by atoms with E-state index in [0.29, 0.717) is 45.5 Å². The number of fused-ring (bicyclic) bond motifs is 1. The predicted octanol–water partition coefficient (Wildman–Crippen LogP) is 6.41. The third-order valence-electron chi connectivity index (χ3n) is 6.85. The monoisotopic (exact) mass is 561 g/mol. The van der Waals surface area contributed by atoms with E-state index in [0.717, 1.165) is 30.3 Å². The molecule has 0 spiro atoms. The van der Waals surface area contributed by atoms with Crippen LogP contribution in [-0.4, -0.2) is 41.6 Å². The number of benzene rings is 1. The van der Waals surface area contributed by atoms with E-state index < -0.39 is 11.9 Å². The number of rotatable bonds is 8. The zero-order valence-corrected chi connectivity index (χ0v) is 22.6. The minimum Gasteiger partial charge on any atom is -0.480 e. The lowest BCUT2D eigenvalue weighted by atomic mass is 10.1. The summed E-state index contributed by atoms with van der Waals surface area (Å²) in [5.74, 6) is 1.69. The minimum atomic E-state index is -4.52. The highest BCUT2D eigenvalue weighted by atomic mass is 19.4. The van der Waals surface area contributed by atoms with Gasteiger partial charge >= 0.3 is 6.18 Å². The van der Waals surface area contributed by atoms with Crippen molar-refractivity contribution in [3.63, 3.8) is 0 Å². The van der Waals surface area contributed by atoms with Gasteiger partial charge in [-0.1, -0.05) is 24.3 Å². The van der Waals surface area contributed by atoms with Crippen LogP contribution in [0.1, 0.15) is 55.6 Å². The summed E-state index contributed by atoms with van der Waals surface area (Å²) in [6.45, 7) is 3.79. The van der Waals surface area contributed by atoms with Crippen molar-refractivity contribution in [2.45, 2.75) is 51.4 Å². The maximum Gasteiger partial charge on any atom is 0.434 e. The summed E-state index contributed by atoms with van der Waals surface area (Å²) >= 11 is 0. The molecule has 210 valence electrons. The smallest absolute Gasteiger partial charge is 0.434 e. The van der Waals surface area contributed by atoms with E-state index in [2.05, 4.69) is 19.9 Å². The maximum atomic E-state index is 13.3. The lowest BCUT2D eigenvalue weighted by Crippen LogP contribution is -2.05. The van der Waals surface area contributed by atoms with Crippen molar-refractivity contribution in [3.8, 4) is 34.5 Å². The number of alkyl halides is 3. The first-order chi connectivity index (χ1) is 19.7. The Labute approximate surface area is 233 Å². The topological polar surface area (TPSA) is 101 Å². The van der Waals surface area contributed by atoms with Gasteiger partial charge < -0.3 is 14.0 Å². The Kier molecular flexibility index (Phi) is 6.76. The van der Waals surface area contributed by atoms with Gasteiger partial charge in [-0.25, -0.2) is 19.9 Å². The van der Waals surface area contributed by atoms with E-state index in [1.165, 1.54) is 10.9 Å². The van der Waals surface area contributed by atoms with Gasteiger partial charge in [-0.2, -0.15) is 18.2 Å². The Bertz CT molecular complexity index is 1710. The first kappa shape index (κ1) is 26.6. The van der Waals surface area contributed by atoms with Gasteiger partial charge in [0, 0.05) is 29.9 Å². The standard InChI is InChI=1S/C29H26F3N7O2/c1-16(2)39-13-22(29(30,31)32)37-26(39)19-6-4-17(5-7-19)14-41-27-20-10-11-33-12-21(20)36-25(38-27)23-24(18-8-9-18)34-15-35-28(23)40-3/h4-7,10-13,15-16,18H,8-9,14H2,1-3H3. The third-order valence-corrected chi connectivity index (χ3v) is 6.85. The molecule has 0 atom stereocenters. The Morgan fingerprint density at radius 3 is 2.46 bits per heavy atom. The van der Waals surface area contributed by atoms with Crippen molar-refractivity contribution in [2.24, 2.45) is 0 Å². The molecule has 0 radical (unpaired) electrons. The summed E-state index contributed by atoms with van der Waals surface area (Å²) in [6.07, 6.45) is 3.34. The van der Waals surface area contributed by atoms with Crippen molar-refractivity contribution in [3.05, 3.63) is 72.2 Å². The van der Waals surface area contributed by atoms with Crippen LogP contribution in [0, 0.1) is 0 Å². The summed E-state index contributed by atoms with van der Waals surface area (Å²) in [5, 5.41) is 0.683. The van der Waals surface area contributed by atoms with Gasteiger partial charge in [0.05, 0.1) is 29.9 Å². The predicted molar refractivity (Wildman–Crippen MR) is 144 cm³/mol. The molecule has 6 rings (SSSR count). The molecule has 4 heterocycles. The maximum absolute atomic E-state index is 13.3. The van der Waals surface area contributed by atoms with Crippen LogP contribution in [0.25, 0.3) is 33.7 Å². The molecule has 0 unspecified atom stereocenters. The van der Waals surface area contributed by atoms with Crippen LogP contribution in [0.2, 0.25) is 0 Å². The molecule has 1 fully saturated rings. The minimum absolute atomic E-state index is 0.165. The van der Waals surface area contributed by atoms with Crippen LogP contribution >= 0.6 is 0 Å². The molecular weight excluding hydrogens is 535 g/mol. The fourth-order valence-electron chi connectivity index (χ4n) is 4.63. The van der Waals surface area contributed by atoms with Crippen molar-refractivity contribution < 1.29 is 22.6 Å². The quantitative estimate of drug-likeness (QED) is 0.214. The summed E-state index contributed by atoms with van der Waals surface area (Å²) < 4.78 is 53.2. The Hall–Kier alpha value is -4.61. The van der Waals surface area contributed by atoms with Crippen molar-refractivity contribution in [1.82, 2.24) is 34.5 Å². The van der Waals surface area contributed by atoms with Crippen LogP contribution in [-0.2, 0) is 12.8 Å². The van der Waals surface area contributed by atoms with E-state index in [1.807, 2.05) is 13.8 Å². The normalized spacial score (nSPS) is 13.6. The van der Waals surface area contributed by atoms with E-state index in [9.17, 15) is 13.2 Å². The SMILES string of the molecule is COc1ncnc(C2CC2)c1-c1nc(OCc2ccc(-c3nc(C(F)(F)F)cn3C(C)C)cc2)c2ccncc2n1. The van der Waals surface area contributed by atoms with Crippen molar-refractivity contribution in [2.75, 3.05) is 7.11 Å². The average molecular weight is 562 g/mol. The van der Waals surface area contributed by atoms with Crippen molar-refractivity contribution >= 4 is 10.9 Å². The highest BCUT2D eigenvalue weighted by molar-refractivity contribution is 5.85. The van der Waals surface area contributed by atoms with Crippen molar-refractivity contribution in [1.29, 1.82) is 0 Å². The summed E-state index contributed by atoms with van der Waals surface area (Å²) in [4.78, 5) is 26.3. The zero-order chi connectivity index (χ0) is 28.7. The molecule has 12 heteroatoms. The van der Waals surface area contributed by atoms with Crippen LogP contribution < -0.4 is 9.47 Å². The molecule has 0 bridgehead atoms.